The second-order valence-corrected chi connectivity index (χ2v) is 4.49. The molecule has 1 fully saturated rings. The molecule has 18 heavy (non-hydrogen) atoms. The summed E-state index contributed by atoms with van der Waals surface area (Å²) < 4.78 is 1.68. The van der Waals surface area contributed by atoms with Gasteiger partial charge in [-0.15, -0.1) is 0 Å². The van der Waals surface area contributed by atoms with Crippen LogP contribution in [-0.2, 0) is 0 Å². The number of carbonyl (C=O) groups excluding carboxylic acids is 1. The van der Waals surface area contributed by atoms with Gasteiger partial charge < -0.3 is 5.32 Å². The summed E-state index contributed by atoms with van der Waals surface area (Å²) in [6.45, 7) is 1.88. The van der Waals surface area contributed by atoms with Crippen LogP contribution < -0.4 is 5.32 Å². The number of hydrogen-bond donors (Lipinski definition) is 1. The Morgan fingerprint density at radius 2 is 2.28 bits per heavy atom. The second kappa shape index (κ2) is 4.25. The summed E-state index contributed by atoms with van der Waals surface area (Å²) in [6.07, 6.45) is 5.47. The minimum absolute atomic E-state index is 0.0443. The first-order valence-corrected chi connectivity index (χ1v) is 6.02. The fourth-order valence-electron chi connectivity index (χ4n) is 1.83. The van der Waals surface area contributed by atoms with E-state index < -0.39 is 0 Å². The topological polar surface area (TPSA) is 59.8 Å². The average Bonchev–Trinajstić information content (AvgIpc) is 3.11. The predicted octanol–water partition coefficient (Wildman–Crippen LogP) is 1.47. The van der Waals surface area contributed by atoms with Crippen LogP contribution in [-0.4, -0.2) is 26.7 Å². The summed E-state index contributed by atoms with van der Waals surface area (Å²) in [5, 5.41) is 7.19. The molecule has 2 aromatic heterocycles. The normalized spacial score (nSPS) is 14.5. The van der Waals surface area contributed by atoms with E-state index in [1.165, 1.54) is 0 Å². The minimum Gasteiger partial charge on any atom is -0.349 e. The molecule has 0 atom stereocenters. The summed E-state index contributed by atoms with van der Waals surface area (Å²) in [7, 11) is 0. The Labute approximate surface area is 105 Å². The molecule has 5 heteroatoms. The number of hydrogen-bond acceptors (Lipinski definition) is 3. The number of rotatable bonds is 3. The molecule has 3 rings (SSSR count). The van der Waals surface area contributed by atoms with E-state index in [4.69, 9.17) is 0 Å². The third-order valence-electron chi connectivity index (χ3n) is 3.03. The van der Waals surface area contributed by atoms with Crippen LogP contribution in [0.15, 0.2) is 30.6 Å². The van der Waals surface area contributed by atoms with Gasteiger partial charge in [-0.25, -0.2) is 9.67 Å². The molecule has 0 spiro atoms. The van der Waals surface area contributed by atoms with Crippen molar-refractivity contribution in [3.05, 3.63) is 41.9 Å². The zero-order valence-corrected chi connectivity index (χ0v) is 10.1. The van der Waals surface area contributed by atoms with Crippen molar-refractivity contribution in [3.8, 4) is 5.82 Å². The zero-order valence-electron chi connectivity index (χ0n) is 10.1. The predicted molar refractivity (Wildman–Crippen MR) is 66.6 cm³/mol. The molecule has 2 heterocycles. The fraction of sp³-hybridized carbons (Fsp3) is 0.308. The minimum atomic E-state index is -0.0443. The Morgan fingerprint density at radius 1 is 1.44 bits per heavy atom. The van der Waals surface area contributed by atoms with Crippen molar-refractivity contribution in [2.24, 2.45) is 0 Å². The monoisotopic (exact) mass is 242 g/mol. The molecule has 1 saturated carbocycles. The van der Waals surface area contributed by atoms with E-state index in [1.54, 1.807) is 17.1 Å². The van der Waals surface area contributed by atoms with Crippen LogP contribution in [0.5, 0.6) is 0 Å². The van der Waals surface area contributed by atoms with Crippen LogP contribution >= 0.6 is 0 Å². The first-order chi connectivity index (χ1) is 8.75. The van der Waals surface area contributed by atoms with Crippen LogP contribution in [0.2, 0.25) is 0 Å². The Kier molecular flexibility index (Phi) is 2.59. The molecule has 2 aromatic rings. The van der Waals surface area contributed by atoms with Crippen molar-refractivity contribution in [3.63, 3.8) is 0 Å². The van der Waals surface area contributed by atoms with Crippen molar-refractivity contribution < 1.29 is 4.79 Å². The number of carbonyl (C=O) groups is 1. The maximum Gasteiger partial charge on any atom is 0.254 e. The number of nitrogens with zero attached hydrogens (tertiary/aromatic N) is 3. The summed E-state index contributed by atoms with van der Waals surface area (Å²) in [5.74, 6) is 0.678. The lowest BCUT2D eigenvalue weighted by Gasteiger charge is -2.04. The summed E-state index contributed by atoms with van der Waals surface area (Å²) >= 11 is 0. The van der Waals surface area contributed by atoms with E-state index in [9.17, 15) is 4.79 Å². The molecule has 0 bridgehead atoms. The van der Waals surface area contributed by atoms with Gasteiger partial charge in [0.15, 0.2) is 5.82 Å². The Bertz CT molecular complexity index is 572. The van der Waals surface area contributed by atoms with Crippen LogP contribution in [0.4, 0.5) is 0 Å². The Morgan fingerprint density at radius 3 is 2.94 bits per heavy atom. The van der Waals surface area contributed by atoms with Gasteiger partial charge in [0, 0.05) is 12.2 Å². The van der Waals surface area contributed by atoms with Crippen LogP contribution in [0.3, 0.4) is 0 Å². The summed E-state index contributed by atoms with van der Waals surface area (Å²) in [4.78, 5) is 16.2. The number of nitrogens with one attached hydrogen (secondary N) is 1. The van der Waals surface area contributed by atoms with Crippen LogP contribution in [0.25, 0.3) is 5.82 Å². The lowest BCUT2D eigenvalue weighted by atomic mass is 10.2. The number of amides is 1. The lowest BCUT2D eigenvalue weighted by molar-refractivity contribution is 0.0950. The van der Waals surface area contributed by atoms with E-state index in [1.807, 2.05) is 25.1 Å². The zero-order chi connectivity index (χ0) is 12.5. The highest BCUT2D eigenvalue weighted by atomic mass is 16.1. The van der Waals surface area contributed by atoms with Gasteiger partial charge in [0.2, 0.25) is 0 Å². The standard InChI is InChI=1S/C13H14N4O/c1-9-11(13(18)16-10-5-6-10)8-15-17(9)12-4-2-3-7-14-12/h2-4,7-8,10H,5-6H2,1H3,(H,16,18). The SMILES string of the molecule is Cc1c(C(=O)NC2CC2)cnn1-c1ccccn1. The van der Waals surface area contributed by atoms with Crippen LogP contribution in [0.1, 0.15) is 28.9 Å². The molecule has 0 saturated heterocycles. The molecule has 1 aliphatic rings. The second-order valence-electron chi connectivity index (χ2n) is 4.49. The molecule has 5 nitrogen and oxygen atoms in total. The maximum atomic E-state index is 12.0. The molecule has 0 aliphatic heterocycles. The quantitative estimate of drug-likeness (QED) is 0.886. The molecule has 1 N–H and O–H groups in total. The molecule has 1 amide bonds. The van der Waals surface area contributed by atoms with E-state index in [2.05, 4.69) is 15.4 Å². The van der Waals surface area contributed by atoms with Crippen molar-refractivity contribution in [1.29, 1.82) is 0 Å². The molecule has 92 valence electrons. The van der Waals surface area contributed by atoms with Crippen LogP contribution in [0, 0.1) is 6.92 Å². The van der Waals surface area contributed by atoms with Gasteiger partial charge in [-0.2, -0.15) is 5.10 Å². The third-order valence-corrected chi connectivity index (χ3v) is 3.03. The van der Waals surface area contributed by atoms with Crippen molar-refractivity contribution in [2.75, 3.05) is 0 Å². The highest BCUT2D eigenvalue weighted by molar-refractivity contribution is 5.95. The van der Waals surface area contributed by atoms with Gasteiger partial charge in [0.05, 0.1) is 17.5 Å². The highest BCUT2D eigenvalue weighted by Gasteiger charge is 2.25. The van der Waals surface area contributed by atoms with Crippen molar-refractivity contribution >= 4 is 5.91 Å². The number of pyridine rings is 1. The smallest absolute Gasteiger partial charge is 0.254 e. The van der Waals surface area contributed by atoms with Crippen molar-refractivity contribution in [1.82, 2.24) is 20.1 Å². The van der Waals surface area contributed by atoms with E-state index in [-0.39, 0.29) is 5.91 Å². The summed E-state index contributed by atoms with van der Waals surface area (Å²) in [6, 6.07) is 5.97. The molecular formula is C13H14N4O. The average molecular weight is 242 g/mol. The molecule has 0 radical (unpaired) electrons. The molecule has 0 unspecified atom stereocenters. The highest BCUT2D eigenvalue weighted by Crippen LogP contribution is 2.20. The lowest BCUT2D eigenvalue weighted by Crippen LogP contribution is -2.25. The first kappa shape index (κ1) is 11.0. The van der Waals surface area contributed by atoms with Gasteiger partial charge in [-0.1, -0.05) is 6.07 Å². The van der Waals surface area contributed by atoms with E-state index in [0.717, 1.165) is 24.4 Å². The molecule has 1 aliphatic carbocycles. The first-order valence-electron chi connectivity index (χ1n) is 6.02. The van der Waals surface area contributed by atoms with Gasteiger partial charge >= 0.3 is 0 Å². The van der Waals surface area contributed by atoms with Gasteiger partial charge in [0.25, 0.3) is 5.91 Å². The van der Waals surface area contributed by atoms with Gasteiger partial charge in [-0.05, 0) is 31.9 Å². The van der Waals surface area contributed by atoms with E-state index >= 15 is 0 Å². The van der Waals surface area contributed by atoms with E-state index in [0.29, 0.717) is 11.6 Å². The fourth-order valence-corrected chi connectivity index (χ4v) is 1.83. The van der Waals surface area contributed by atoms with Gasteiger partial charge in [0.1, 0.15) is 0 Å². The number of aromatic nitrogens is 3. The Balaban J connectivity index is 1.89. The maximum absolute atomic E-state index is 12.0. The van der Waals surface area contributed by atoms with Gasteiger partial charge in [-0.3, -0.25) is 4.79 Å². The summed E-state index contributed by atoms with van der Waals surface area (Å²) in [5.41, 5.74) is 1.43. The molecule has 0 aromatic carbocycles. The molecular weight excluding hydrogens is 228 g/mol. The third kappa shape index (κ3) is 1.99. The van der Waals surface area contributed by atoms with Crippen molar-refractivity contribution in [2.45, 2.75) is 25.8 Å². The largest absolute Gasteiger partial charge is 0.349 e. The Hall–Kier alpha value is -2.17.